The average Bonchev–Trinajstić information content (AvgIpc) is 2.53. The van der Waals surface area contributed by atoms with Gasteiger partial charge in [-0.15, -0.1) is 0 Å². The fourth-order valence-electron chi connectivity index (χ4n) is 2.05. The number of ether oxygens (including phenoxy) is 2. The molecule has 3 nitrogen and oxygen atoms in total. The van der Waals surface area contributed by atoms with Crippen molar-refractivity contribution in [3.8, 4) is 11.5 Å². The lowest BCUT2D eigenvalue weighted by Gasteiger charge is -2.31. The molecule has 20 heavy (non-hydrogen) atoms. The van der Waals surface area contributed by atoms with Crippen molar-refractivity contribution in [1.82, 2.24) is 0 Å². The minimum atomic E-state index is 0.674. The van der Waals surface area contributed by atoms with Crippen molar-refractivity contribution in [2.75, 3.05) is 31.2 Å². The van der Waals surface area contributed by atoms with Crippen molar-refractivity contribution in [3.63, 3.8) is 0 Å². The minimum Gasteiger partial charge on any atom is -0.490 e. The lowest BCUT2D eigenvalue weighted by atomic mass is 10.2. The molecule has 1 aromatic carbocycles. The van der Waals surface area contributed by atoms with Crippen LogP contribution in [0.2, 0.25) is 0 Å². The highest BCUT2D eigenvalue weighted by Crippen LogP contribution is 2.39. The summed E-state index contributed by atoms with van der Waals surface area (Å²) in [7, 11) is 0. The first-order valence-electron chi connectivity index (χ1n) is 8.00. The predicted molar refractivity (Wildman–Crippen MR) is 88.3 cm³/mol. The summed E-state index contributed by atoms with van der Waals surface area (Å²) in [5, 5.41) is 0. The van der Waals surface area contributed by atoms with Gasteiger partial charge in [-0.05, 0) is 25.5 Å². The Labute approximate surface area is 124 Å². The van der Waals surface area contributed by atoms with Crippen molar-refractivity contribution in [3.05, 3.63) is 18.2 Å². The second-order valence-corrected chi connectivity index (χ2v) is 3.87. The zero-order valence-electron chi connectivity index (χ0n) is 14.0. The molecule has 116 valence electrons. The number of hydrogen-bond donors (Lipinski definition) is 0. The van der Waals surface area contributed by atoms with Crippen molar-refractivity contribution in [2.45, 2.75) is 48.0 Å². The van der Waals surface area contributed by atoms with Crippen LogP contribution < -0.4 is 14.4 Å². The fourth-order valence-corrected chi connectivity index (χ4v) is 2.05. The van der Waals surface area contributed by atoms with Gasteiger partial charge in [-0.25, -0.2) is 0 Å². The normalized spacial score (nSPS) is 12.0. The van der Waals surface area contributed by atoms with Crippen LogP contribution >= 0.6 is 0 Å². The molecule has 0 N–H and O–H groups in total. The van der Waals surface area contributed by atoms with Gasteiger partial charge in [-0.2, -0.15) is 0 Å². The summed E-state index contributed by atoms with van der Waals surface area (Å²) < 4.78 is 11.3. The van der Waals surface area contributed by atoms with Crippen LogP contribution in [0.4, 0.5) is 5.69 Å². The molecule has 0 amide bonds. The molecule has 0 aromatic heterocycles. The molecule has 1 aromatic rings. The molecular weight excluding hydrogens is 250 g/mol. The second-order valence-electron chi connectivity index (χ2n) is 3.87. The monoisotopic (exact) mass is 281 g/mol. The molecule has 0 radical (unpaired) electrons. The fraction of sp³-hybridized carbons (Fsp3) is 0.647. The first-order valence-corrected chi connectivity index (χ1v) is 8.00. The number of anilines is 1. The zero-order valence-corrected chi connectivity index (χ0v) is 14.0. The smallest absolute Gasteiger partial charge is 0.184 e. The molecule has 0 aliphatic carbocycles. The minimum absolute atomic E-state index is 0.674. The first-order chi connectivity index (χ1) is 9.86. The number of rotatable bonds is 4. The quantitative estimate of drug-likeness (QED) is 0.795. The van der Waals surface area contributed by atoms with Gasteiger partial charge in [0.25, 0.3) is 0 Å². The zero-order chi connectivity index (χ0) is 15.4. The van der Waals surface area contributed by atoms with Crippen molar-refractivity contribution in [1.29, 1.82) is 0 Å². The van der Waals surface area contributed by atoms with E-state index < -0.39 is 0 Å². The van der Waals surface area contributed by atoms with Gasteiger partial charge in [0.2, 0.25) is 0 Å². The Morgan fingerprint density at radius 3 is 2.45 bits per heavy atom. The van der Waals surface area contributed by atoms with Crippen LogP contribution in [-0.2, 0) is 0 Å². The highest BCUT2D eigenvalue weighted by molar-refractivity contribution is 5.65. The molecule has 3 heteroatoms. The van der Waals surface area contributed by atoms with Crippen LogP contribution in [0.5, 0.6) is 11.5 Å². The van der Waals surface area contributed by atoms with Crippen LogP contribution in [0.3, 0.4) is 0 Å². The lowest BCUT2D eigenvalue weighted by molar-refractivity contribution is 0.270. The SMILES string of the molecule is CC.CC.CCCN1CCOc2c(OCC)cccc21. The predicted octanol–water partition coefficient (Wildman–Crippen LogP) is 4.75. The van der Waals surface area contributed by atoms with Crippen LogP contribution in [-0.4, -0.2) is 26.3 Å². The summed E-state index contributed by atoms with van der Waals surface area (Å²) in [6.07, 6.45) is 1.15. The number of para-hydroxylation sites is 1. The Kier molecular flexibility index (Phi) is 10.7. The molecule has 0 unspecified atom stereocenters. The van der Waals surface area contributed by atoms with Gasteiger partial charge in [-0.1, -0.05) is 40.7 Å². The molecule has 1 aliphatic heterocycles. The van der Waals surface area contributed by atoms with E-state index in [1.54, 1.807) is 0 Å². The standard InChI is InChI=1S/C13H19NO2.2C2H6/c1-3-8-14-9-10-16-13-11(14)6-5-7-12(13)15-4-2;2*1-2/h5-7H,3-4,8-10H2,1-2H3;2*1-2H3. The molecule has 0 saturated heterocycles. The summed E-state index contributed by atoms with van der Waals surface area (Å²) in [4.78, 5) is 2.36. The number of hydrogen-bond acceptors (Lipinski definition) is 3. The van der Waals surface area contributed by atoms with Crippen LogP contribution in [0.15, 0.2) is 18.2 Å². The topological polar surface area (TPSA) is 21.7 Å². The molecule has 1 aliphatic rings. The van der Waals surface area contributed by atoms with Gasteiger partial charge in [-0.3, -0.25) is 0 Å². The summed E-state index contributed by atoms with van der Waals surface area (Å²) in [6.45, 7) is 15.7. The molecule has 2 rings (SSSR count). The van der Waals surface area contributed by atoms with E-state index in [-0.39, 0.29) is 0 Å². The van der Waals surface area contributed by atoms with Gasteiger partial charge in [0.05, 0.1) is 18.8 Å². The van der Waals surface area contributed by atoms with E-state index in [4.69, 9.17) is 9.47 Å². The highest BCUT2D eigenvalue weighted by atomic mass is 16.5. The Morgan fingerprint density at radius 2 is 1.85 bits per heavy atom. The largest absolute Gasteiger partial charge is 0.490 e. The first kappa shape index (κ1) is 18.6. The molecule has 0 fully saturated rings. The van der Waals surface area contributed by atoms with Crippen LogP contribution in [0, 0.1) is 0 Å². The van der Waals surface area contributed by atoms with Gasteiger partial charge >= 0.3 is 0 Å². The Hall–Kier alpha value is -1.38. The van der Waals surface area contributed by atoms with E-state index in [1.165, 1.54) is 5.69 Å². The second kappa shape index (κ2) is 11.4. The third-order valence-corrected chi connectivity index (χ3v) is 2.70. The summed E-state index contributed by atoms with van der Waals surface area (Å²) in [6, 6.07) is 6.10. The van der Waals surface area contributed by atoms with E-state index in [1.807, 2.05) is 46.8 Å². The molecule has 0 saturated carbocycles. The van der Waals surface area contributed by atoms with Crippen molar-refractivity contribution >= 4 is 5.69 Å². The summed E-state index contributed by atoms with van der Waals surface area (Å²) in [5.41, 5.74) is 1.17. The van der Waals surface area contributed by atoms with E-state index >= 15 is 0 Å². The maximum atomic E-state index is 5.72. The van der Waals surface area contributed by atoms with E-state index in [0.29, 0.717) is 6.61 Å². The lowest BCUT2D eigenvalue weighted by Crippen LogP contribution is -2.33. The summed E-state index contributed by atoms with van der Waals surface area (Å²) in [5.74, 6) is 1.77. The van der Waals surface area contributed by atoms with Crippen molar-refractivity contribution < 1.29 is 9.47 Å². The van der Waals surface area contributed by atoms with Crippen molar-refractivity contribution in [2.24, 2.45) is 0 Å². The third-order valence-electron chi connectivity index (χ3n) is 2.70. The van der Waals surface area contributed by atoms with Crippen LogP contribution in [0.1, 0.15) is 48.0 Å². The number of benzene rings is 1. The molecule has 1 heterocycles. The average molecular weight is 281 g/mol. The van der Waals surface area contributed by atoms with Gasteiger partial charge in [0, 0.05) is 6.54 Å². The Bertz CT molecular complexity index is 353. The van der Waals surface area contributed by atoms with Gasteiger partial charge in [0.15, 0.2) is 11.5 Å². The van der Waals surface area contributed by atoms with E-state index in [0.717, 1.165) is 37.6 Å². The third kappa shape index (κ3) is 4.95. The summed E-state index contributed by atoms with van der Waals surface area (Å²) >= 11 is 0. The Balaban J connectivity index is 0.000000829. The van der Waals surface area contributed by atoms with E-state index in [2.05, 4.69) is 17.9 Å². The van der Waals surface area contributed by atoms with E-state index in [9.17, 15) is 0 Å². The molecule has 0 spiro atoms. The highest BCUT2D eigenvalue weighted by Gasteiger charge is 2.20. The van der Waals surface area contributed by atoms with Gasteiger partial charge in [0.1, 0.15) is 6.61 Å². The maximum Gasteiger partial charge on any atom is 0.184 e. The van der Waals surface area contributed by atoms with Crippen LogP contribution in [0.25, 0.3) is 0 Å². The van der Waals surface area contributed by atoms with Gasteiger partial charge < -0.3 is 14.4 Å². The number of fused-ring (bicyclic) bond motifs is 1. The molecule has 0 bridgehead atoms. The molecule has 0 atom stereocenters. The maximum absolute atomic E-state index is 5.72. The Morgan fingerprint density at radius 1 is 1.15 bits per heavy atom. The number of nitrogens with zero attached hydrogens (tertiary/aromatic N) is 1. The molecular formula is C17H31NO2.